The molecule has 0 radical (unpaired) electrons. The van der Waals surface area contributed by atoms with Crippen molar-refractivity contribution in [2.45, 2.75) is 29.4 Å². The summed E-state index contributed by atoms with van der Waals surface area (Å²) in [7, 11) is 0. The second-order valence-corrected chi connectivity index (χ2v) is 10.3. The first-order valence-electron chi connectivity index (χ1n) is 9.42. The van der Waals surface area contributed by atoms with Gasteiger partial charge in [-0.15, -0.1) is 0 Å². The Bertz CT molecular complexity index is 1110. The molecular weight excluding hydrogens is 426 g/mol. The smallest absolute Gasteiger partial charge is 0.0527 e. The number of anilines is 4. The van der Waals surface area contributed by atoms with Gasteiger partial charge < -0.3 is 16.8 Å². The number of hydrogen-bond donors (Lipinski definition) is 3. The number of hydrogen-bond acceptors (Lipinski definition) is 6. The van der Waals surface area contributed by atoms with Crippen molar-refractivity contribution in [2.24, 2.45) is 0 Å². The molecule has 30 heavy (non-hydrogen) atoms. The highest BCUT2D eigenvalue weighted by atomic mass is 32.2. The molecule has 148 valence electrons. The average molecular weight is 446 g/mol. The number of fused-ring (bicyclic) bond motifs is 2. The lowest BCUT2D eigenvalue weighted by Gasteiger charge is -2.22. The van der Waals surface area contributed by atoms with Gasteiger partial charge in [0.2, 0.25) is 0 Å². The van der Waals surface area contributed by atoms with Gasteiger partial charge in [0.05, 0.1) is 11.4 Å². The van der Waals surface area contributed by atoms with E-state index in [1.807, 2.05) is 36.0 Å². The number of benzene rings is 4. The van der Waals surface area contributed by atoms with E-state index in [-0.39, 0.29) is 0 Å². The lowest BCUT2D eigenvalue weighted by molar-refractivity contribution is 1.24. The maximum atomic E-state index is 5.80. The molecule has 0 aromatic heterocycles. The van der Waals surface area contributed by atoms with Gasteiger partial charge in [-0.25, -0.2) is 0 Å². The van der Waals surface area contributed by atoms with E-state index in [2.05, 4.69) is 66.0 Å². The maximum Gasteiger partial charge on any atom is 0.0527 e. The van der Waals surface area contributed by atoms with Crippen molar-refractivity contribution in [2.75, 3.05) is 16.8 Å². The largest absolute Gasteiger partial charge is 0.399 e. The third kappa shape index (κ3) is 4.26. The van der Waals surface area contributed by atoms with Gasteiger partial charge in [0, 0.05) is 40.7 Å². The van der Waals surface area contributed by atoms with Crippen LogP contribution in [0.2, 0.25) is 0 Å². The van der Waals surface area contributed by atoms with E-state index in [1.165, 1.54) is 29.4 Å². The van der Waals surface area contributed by atoms with Crippen LogP contribution in [0.4, 0.5) is 22.7 Å². The van der Waals surface area contributed by atoms with Gasteiger partial charge in [0.25, 0.3) is 0 Å². The topological polar surface area (TPSA) is 64.1 Å². The molecule has 3 nitrogen and oxygen atoms in total. The Kier molecular flexibility index (Phi) is 5.29. The number of rotatable bonds is 4. The van der Waals surface area contributed by atoms with Crippen LogP contribution < -0.4 is 16.8 Å². The van der Waals surface area contributed by atoms with Crippen molar-refractivity contribution >= 4 is 58.0 Å². The summed E-state index contributed by atoms with van der Waals surface area (Å²) in [5, 5.41) is 3.57. The fourth-order valence-corrected chi connectivity index (χ4v) is 6.05. The summed E-state index contributed by atoms with van der Waals surface area (Å²) in [6, 6.07) is 29.1. The van der Waals surface area contributed by atoms with Crippen LogP contribution in [0.15, 0.2) is 114 Å². The molecule has 5 rings (SSSR count). The third-order valence-corrected chi connectivity index (χ3v) is 7.74. The van der Waals surface area contributed by atoms with Gasteiger partial charge in [-0.3, -0.25) is 0 Å². The molecule has 1 heterocycles. The summed E-state index contributed by atoms with van der Waals surface area (Å²) in [6.45, 7) is 0. The van der Waals surface area contributed by atoms with E-state index in [0.717, 1.165) is 22.7 Å². The van der Waals surface area contributed by atoms with Crippen molar-refractivity contribution in [3.05, 3.63) is 84.9 Å². The maximum absolute atomic E-state index is 5.80. The monoisotopic (exact) mass is 445 g/mol. The molecule has 0 bridgehead atoms. The number of nitrogens with two attached hydrogens (primary N) is 2. The fourth-order valence-electron chi connectivity index (χ4n) is 3.12. The molecule has 1 aliphatic rings. The van der Waals surface area contributed by atoms with Crippen LogP contribution in [-0.4, -0.2) is 0 Å². The molecule has 0 spiro atoms. The lowest BCUT2D eigenvalue weighted by Crippen LogP contribution is -1.99. The van der Waals surface area contributed by atoms with Gasteiger partial charge >= 0.3 is 0 Å². The van der Waals surface area contributed by atoms with Crippen molar-refractivity contribution in [3.63, 3.8) is 0 Å². The molecule has 0 unspecified atom stereocenters. The van der Waals surface area contributed by atoms with Gasteiger partial charge in [-0.2, -0.15) is 0 Å². The predicted octanol–water partition coefficient (Wildman–Crippen LogP) is 7.36. The van der Waals surface area contributed by atoms with Gasteiger partial charge in [0.15, 0.2) is 0 Å². The molecule has 0 atom stereocenters. The van der Waals surface area contributed by atoms with E-state index in [0.29, 0.717) is 0 Å². The molecule has 0 aliphatic carbocycles. The zero-order valence-electron chi connectivity index (χ0n) is 16.0. The Morgan fingerprint density at radius 2 is 0.933 bits per heavy atom. The minimum absolute atomic E-state index is 0.786. The summed E-state index contributed by atoms with van der Waals surface area (Å²) in [4.78, 5) is 7.25. The molecular formula is C24H19N3S3. The summed E-state index contributed by atoms with van der Waals surface area (Å²) in [5.74, 6) is 0. The van der Waals surface area contributed by atoms with Gasteiger partial charge in [-0.05, 0) is 84.9 Å². The summed E-state index contributed by atoms with van der Waals surface area (Å²) in [6.07, 6.45) is 0. The van der Waals surface area contributed by atoms with Crippen LogP contribution in [0.25, 0.3) is 0 Å². The van der Waals surface area contributed by atoms with Crippen molar-refractivity contribution < 1.29 is 0 Å². The standard InChI is InChI=1S/C24H19N3S3/c25-15-1-5-17(6-2-15)28-19-9-11-21-23(13-19)30-24-14-20(10-12-22(24)27-21)29-18-7-3-16(26)4-8-18/h1-14,27H,25-26H2. The predicted molar refractivity (Wildman–Crippen MR) is 130 cm³/mol. The fraction of sp³-hybridized carbons (Fsp3) is 0. The molecule has 0 saturated carbocycles. The molecule has 1 aliphatic heterocycles. The van der Waals surface area contributed by atoms with Crippen LogP contribution in [0.5, 0.6) is 0 Å². The molecule has 4 aromatic carbocycles. The average Bonchev–Trinajstić information content (AvgIpc) is 2.75. The SMILES string of the molecule is Nc1ccc(Sc2ccc3c(c2)Sc2cc(Sc4ccc(N)cc4)ccc2N3)cc1. The zero-order valence-corrected chi connectivity index (χ0v) is 18.4. The summed E-state index contributed by atoms with van der Waals surface area (Å²) < 4.78 is 0. The highest BCUT2D eigenvalue weighted by Gasteiger charge is 2.17. The Balaban J connectivity index is 1.36. The van der Waals surface area contributed by atoms with E-state index >= 15 is 0 Å². The van der Waals surface area contributed by atoms with E-state index in [1.54, 1.807) is 23.5 Å². The lowest BCUT2D eigenvalue weighted by atomic mass is 10.2. The van der Waals surface area contributed by atoms with Gasteiger partial charge in [0.1, 0.15) is 0 Å². The Morgan fingerprint density at radius 3 is 1.37 bits per heavy atom. The molecule has 5 N–H and O–H groups in total. The Labute approximate surface area is 188 Å². The number of nitrogens with one attached hydrogen (secondary N) is 1. The van der Waals surface area contributed by atoms with Crippen molar-refractivity contribution in [3.8, 4) is 0 Å². The Hall–Kier alpha value is -2.67. The van der Waals surface area contributed by atoms with E-state index < -0.39 is 0 Å². The molecule has 0 saturated heterocycles. The van der Waals surface area contributed by atoms with Gasteiger partial charge in [-0.1, -0.05) is 35.3 Å². The quantitative estimate of drug-likeness (QED) is 0.251. The first kappa shape index (κ1) is 19.3. The second kappa shape index (κ2) is 8.22. The third-order valence-electron chi connectivity index (χ3n) is 4.63. The van der Waals surface area contributed by atoms with Crippen LogP contribution in [0.3, 0.4) is 0 Å². The van der Waals surface area contributed by atoms with Crippen LogP contribution in [0, 0.1) is 0 Å². The first-order chi connectivity index (χ1) is 14.6. The normalized spacial score (nSPS) is 12.0. The van der Waals surface area contributed by atoms with E-state index in [4.69, 9.17) is 11.5 Å². The molecule has 6 heteroatoms. The van der Waals surface area contributed by atoms with Crippen molar-refractivity contribution in [1.82, 2.24) is 0 Å². The zero-order chi connectivity index (χ0) is 20.5. The van der Waals surface area contributed by atoms with Crippen LogP contribution >= 0.6 is 35.3 Å². The first-order valence-corrected chi connectivity index (χ1v) is 11.9. The summed E-state index contributed by atoms with van der Waals surface area (Å²) in [5.41, 5.74) is 15.5. The molecule has 0 amide bonds. The Morgan fingerprint density at radius 1 is 0.533 bits per heavy atom. The van der Waals surface area contributed by atoms with Crippen molar-refractivity contribution in [1.29, 1.82) is 0 Å². The molecule has 4 aromatic rings. The number of nitrogen functional groups attached to an aromatic ring is 2. The minimum Gasteiger partial charge on any atom is -0.399 e. The summed E-state index contributed by atoms with van der Waals surface area (Å²) >= 11 is 5.30. The molecule has 0 fully saturated rings. The van der Waals surface area contributed by atoms with E-state index in [9.17, 15) is 0 Å². The minimum atomic E-state index is 0.786. The second-order valence-electron chi connectivity index (χ2n) is 6.89. The van der Waals surface area contributed by atoms with Crippen LogP contribution in [0.1, 0.15) is 0 Å². The highest BCUT2D eigenvalue weighted by molar-refractivity contribution is 8.00. The highest BCUT2D eigenvalue weighted by Crippen LogP contribution is 2.47. The van der Waals surface area contributed by atoms with Crippen LogP contribution in [-0.2, 0) is 0 Å².